The van der Waals surface area contributed by atoms with Gasteiger partial charge in [0.15, 0.2) is 11.5 Å². The summed E-state index contributed by atoms with van der Waals surface area (Å²) in [7, 11) is 1.62. The molecule has 3 aromatic carbocycles. The zero-order chi connectivity index (χ0) is 20.7. The SMILES string of the molecule is COc1ccc(-c2nc3c4ccccc4n(Cc4ccc(Cl)cc4)c(=O)n3n2)cc1. The van der Waals surface area contributed by atoms with Crippen molar-refractivity contribution in [2.75, 3.05) is 7.11 Å². The highest BCUT2D eigenvalue weighted by molar-refractivity contribution is 6.30. The number of aromatic nitrogens is 4. The Kier molecular flexibility index (Phi) is 4.48. The van der Waals surface area contributed by atoms with E-state index in [1.807, 2.05) is 72.8 Å². The number of ether oxygens (including phenoxy) is 1. The van der Waals surface area contributed by atoms with Crippen LogP contribution in [0.5, 0.6) is 5.75 Å². The lowest BCUT2D eigenvalue weighted by Gasteiger charge is -2.11. The van der Waals surface area contributed by atoms with Crippen LogP contribution < -0.4 is 10.4 Å². The number of rotatable bonds is 4. The predicted octanol–water partition coefficient (Wildman–Crippen LogP) is 4.42. The van der Waals surface area contributed by atoms with Gasteiger partial charge in [-0.15, -0.1) is 5.10 Å². The van der Waals surface area contributed by atoms with Gasteiger partial charge in [-0.05, 0) is 54.1 Å². The molecule has 5 aromatic rings. The van der Waals surface area contributed by atoms with E-state index >= 15 is 0 Å². The van der Waals surface area contributed by atoms with Crippen LogP contribution in [0.1, 0.15) is 5.56 Å². The molecule has 2 heterocycles. The van der Waals surface area contributed by atoms with Crippen molar-refractivity contribution in [2.45, 2.75) is 6.54 Å². The fourth-order valence-corrected chi connectivity index (χ4v) is 3.65. The van der Waals surface area contributed by atoms with E-state index in [2.05, 4.69) is 10.1 Å². The van der Waals surface area contributed by atoms with Crippen molar-refractivity contribution in [1.29, 1.82) is 0 Å². The summed E-state index contributed by atoms with van der Waals surface area (Å²) < 4.78 is 8.29. The Hall–Kier alpha value is -3.64. The Morgan fingerprint density at radius 2 is 1.70 bits per heavy atom. The molecule has 0 atom stereocenters. The molecular formula is C23H17ClN4O2. The third kappa shape index (κ3) is 3.11. The maximum atomic E-state index is 13.3. The number of halogens is 1. The summed E-state index contributed by atoms with van der Waals surface area (Å²) >= 11 is 6.00. The number of benzene rings is 3. The second kappa shape index (κ2) is 7.31. The molecule has 0 unspecified atom stereocenters. The smallest absolute Gasteiger partial charge is 0.351 e. The molecule has 148 valence electrons. The molecule has 6 nitrogen and oxygen atoms in total. The molecule has 0 aliphatic carbocycles. The fraction of sp³-hybridized carbons (Fsp3) is 0.0870. The van der Waals surface area contributed by atoms with Crippen molar-refractivity contribution in [2.24, 2.45) is 0 Å². The summed E-state index contributed by atoms with van der Waals surface area (Å²) in [5.74, 6) is 1.24. The van der Waals surface area contributed by atoms with E-state index in [9.17, 15) is 4.79 Å². The largest absolute Gasteiger partial charge is 0.497 e. The normalized spacial score (nSPS) is 11.3. The summed E-state index contributed by atoms with van der Waals surface area (Å²) in [5.41, 5.74) is 2.88. The molecule has 0 saturated heterocycles. The van der Waals surface area contributed by atoms with Crippen LogP contribution in [-0.4, -0.2) is 26.3 Å². The van der Waals surface area contributed by atoms with Gasteiger partial charge in [0.1, 0.15) is 5.75 Å². The summed E-state index contributed by atoms with van der Waals surface area (Å²) in [4.78, 5) is 18.0. The van der Waals surface area contributed by atoms with Crippen LogP contribution in [0, 0.1) is 0 Å². The third-order valence-electron chi connectivity index (χ3n) is 5.06. The number of para-hydroxylation sites is 1. The summed E-state index contributed by atoms with van der Waals surface area (Å²) in [6, 6.07) is 22.6. The zero-order valence-electron chi connectivity index (χ0n) is 16.1. The lowest BCUT2D eigenvalue weighted by atomic mass is 10.2. The van der Waals surface area contributed by atoms with Crippen LogP contribution >= 0.6 is 11.6 Å². The Bertz CT molecular complexity index is 1420. The van der Waals surface area contributed by atoms with E-state index in [-0.39, 0.29) is 5.69 Å². The van der Waals surface area contributed by atoms with Crippen molar-refractivity contribution < 1.29 is 4.74 Å². The van der Waals surface area contributed by atoms with Gasteiger partial charge in [-0.25, -0.2) is 9.78 Å². The molecule has 0 aliphatic heterocycles. The average Bonchev–Trinajstić information content (AvgIpc) is 3.24. The molecule has 30 heavy (non-hydrogen) atoms. The molecule has 0 N–H and O–H groups in total. The molecule has 0 spiro atoms. The first-order valence-electron chi connectivity index (χ1n) is 9.41. The molecule has 0 amide bonds. The third-order valence-corrected chi connectivity index (χ3v) is 5.31. The molecule has 0 bridgehead atoms. The molecule has 0 aliphatic rings. The molecule has 7 heteroatoms. The minimum absolute atomic E-state index is 0.245. The van der Waals surface area contributed by atoms with Gasteiger partial charge in [-0.1, -0.05) is 35.9 Å². The van der Waals surface area contributed by atoms with E-state index in [1.54, 1.807) is 11.7 Å². The van der Waals surface area contributed by atoms with Gasteiger partial charge in [-0.2, -0.15) is 4.52 Å². The summed E-state index contributed by atoms with van der Waals surface area (Å²) in [6.07, 6.45) is 0. The molecular weight excluding hydrogens is 400 g/mol. The minimum atomic E-state index is -0.245. The van der Waals surface area contributed by atoms with E-state index in [1.165, 1.54) is 4.52 Å². The molecule has 5 rings (SSSR count). The molecule has 0 radical (unpaired) electrons. The van der Waals surface area contributed by atoms with E-state index in [4.69, 9.17) is 16.3 Å². The Morgan fingerprint density at radius 1 is 0.967 bits per heavy atom. The monoisotopic (exact) mass is 416 g/mol. The van der Waals surface area contributed by atoms with Crippen LogP contribution in [-0.2, 0) is 6.54 Å². The van der Waals surface area contributed by atoms with E-state index in [0.717, 1.165) is 27.8 Å². The van der Waals surface area contributed by atoms with Crippen molar-refractivity contribution in [3.05, 3.63) is 93.9 Å². The summed E-state index contributed by atoms with van der Waals surface area (Å²) in [6.45, 7) is 0.407. The highest BCUT2D eigenvalue weighted by Crippen LogP contribution is 2.23. The van der Waals surface area contributed by atoms with Gasteiger partial charge < -0.3 is 4.74 Å². The van der Waals surface area contributed by atoms with Crippen LogP contribution in [0.2, 0.25) is 5.02 Å². The lowest BCUT2D eigenvalue weighted by Crippen LogP contribution is -2.28. The van der Waals surface area contributed by atoms with Gasteiger partial charge in [0.25, 0.3) is 0 Å². The quantitative estimate of drug-likeness (QED) is 0.435. The van der Waals surface area contributed by atoms with Crippen molar-refractivity contribution in [3.63, 3.8) is 0 Å². The van der Waals surface area contributed by atoms with Crippen molar-refractivity contribution in [3.8, 4) is 17.1 Å². The topological polar surface area (TPSA) is 61.4 Å². The number of methoxy groups -OCH3 is 1. The second-order valence-electron chi connectivity index (χ2n) is 6.91. The van der Waals surface area contributed by atoms with Crippen molar-refractivity contribution >= 4 is 28.2 Å². The molecule has 2 aromatic heterocycles. The maximum absolute atomic E-state index is 13.3. The van der Waals surface area contributed by atoms with Crippen LogP contribution in [0.15, 0.2) is 77.6 Å². The fourth-order valence-electron chi connectivity index (χ4n) is 3.52. The lowest BCUT2D eigenvalue weighted by molar-refractivity contribution is 0.415. The Balaban J connectivity index is 1.71. The average molecular weight is 417 g/mol. The van der Waals surface area contributed by atoms with Gasteiger partial charge in [0.2, 0.25) is 0 Å². The first kappa shape index (κ1) is 18.4. The Morgan fingerprint density at radius 3 is 2.43 bits per heavy atom. The predicted molar refractivity (Wildman–Crippen MR) is 117 cm³/mol. The number of fused-ring (bicyclic) bond motifs is 3. The van der Waals surface area contributed by atoms with Crippen molar-refractivity contribution in [1.82, 2.24) is 19.2 Å². The first-order valence-corrected chi connectivity index (χ1v) is 9.79. The number of hydrogen-bond donors (Lipinski definition) is 0. The minimum Gasteiger partial charge on any atom is -0.497 e. The van der Waals surface area contributed by atoms with E-state index in [0.29, 0.717) is 23.0 Å². The summed E-state index contributed by atoms with van der Waals surface area (Å²) in [5, 5.41) is 6.03. The molecule has 0 fully saturated rings. The number of hydrogen-bond acceptors (Lipinski definition) is 4. The van der Waals surface area contributed by atoms with Gasteiger partial charge in [0.05, 0.1) is 19.2 Å². The molecule has 0 saturated carbocycles. The standard InChI is InChI=1S/C23H17ClN4O2/c1-30-18-12-8-16(9-13-18)21-25-22-19-4-2-3-5-20(19)27(23(29)28(22)26-21)14-15-6-10-17(24)11-7-15/h2-13H,14H2,1H3. The van der Waals surface area contributed by atoms with E-state index < -0.39 is 0 Å². The Labute approximate surface area is 176 Å². The first-order chi connectivity index (χ1) is 14.6. The highest BCUT2D eigenvalue weighted by atomic mass is 35.5. The van der Waals surface area contributed by atoms with Crippen LogP contribution in [0.3, 0.4) is 0 Å². The van der Waals surface area contributed by atoms with Gasteiger partial charge >= 0.3 is 5.69 Å². The van der Waals surface area contributed by atoms with Crippen LogP contribution in [0.25, 0.3) is 27.9 Å². The number of nitrogens with zero attached hydrogens (tertiary/aromatic N) is 4. The maximum Gasteiger partial charge on any atom is 0.351 e. The van der Waals surface area contributed by atoms with Crippen LogP contribution in [0.4, 0.5) is 0 Å². The zero-order valence-corrected chi connectivity index (χ0v) is 16.9. The second-order valence-corrected chi connectivity index (χ2v) is 7.35. The highest BCUT2D eigenvalue weighted by Gasteiger charge is 2.16. The van der Waals surface area contributed by atoms with Gasteiger partial charge in [-0.3, -0.25) is 4.57 Å². The van der Waals surface area contributed by atoms with Gasteiger partial charge in [0, 0.05) is 16.0 Å².